The molecular weight excluding hydrogens is 250 g/mol. The van der Waals surface area contributed by atoms with Crippen molar-refractivity contribution in [3.05, 3.63) is 20.8 Å². The summed E-state index contributed by atoms with van der Waals surface area (Å²) < 4.78 is 24.6. The van der Waals surface area contributed by atoms with Gasteiger partial charge in [-0.05, 0) is 22.0 Å². The minimum Gasteiger partial charge on any atom is -0.387 e. The van der Waals surface area contributed by atoms with Crippen LogP contribution in [0.1, 0.15) is 4.88 Å². The highest BCUT2D eigenvalue weighted by Gasteiger charge is 2.17. The summed E-state index contributed by atoms with van der Waals surface area (Å²) in [4.78, 5) is 0.759. The molecule has 1 atom stereocenters. The number of thiophene rings is 1. The summed E-state index contributed by atoms with van der Waals surface area (Å²) >= 11 is 4.56. The number of alkyl halides is 2. The zero-order valence-corrected chi connectivity index (χ0v) is 8.41. The number of rotatable bonds is 3. The summed E-state index contributed by atoms with van der Waals surface area (Å²) in [5.74, 6) is 0. The van der Waals surface area contributed by atoms with Crippen LogP contribution in [0.5, 0.6) is 0 Å². The van der Waals surface area contributed by atoms with Crippen molar-refractivity contribution in [2.75, 3.05) is 0 Å². The van der Waals surface area contributed by atoms with E-state index < -0.39 is 12.5 Å². The van der Waals surface area contributed by atoms with E-state index in [2.05, 4.69) is 15.9 Å². The second-order valence-electron chi connectivity index (χ2n) is 2.34. The largest absolute Gasteiger partial charge is 0.387 e. The van der Waals surface area contributed by atoms with E-state index in [-0.39, 0.29) is 6.42 Å². The highest BCUT2D eigenvalue weighted by Crippen LogP contribution is 2.22. The molecule has 0 saturated carbocycles. The number of hydrogen-bond donors (Lipinski definition) is 1. The van der Waals surface area contributed by atoms with Crippen LogP contribution < -0.4 is 0 Å². The van der Waals surface area contributed by atoms with Gasteiger partial charge < -0.3 is 5.11 Å². The van der Waals surface area contributed by atoms with Crippen LogP contribution >= 0.6 is 27.3 Å². The normalized spacial score (nSPS) is 13.8. The fraction of sp³-hybridized carbons (Fsp3) is 0.429. The van der Waals surface area contributed by atoms with Crippen LogP contribution in [-0.4, -0.2) is 17.6 Å². The molecule has 0 aliphatic heterocycles. The molecule has 0 radical (unpaired) electrons. The van der Waals surface area contributed by atoms with Crippen LogP contribution in [0.3, 0.4) is 0 Å². The lowest BCUT2D eigenvalue weighted by molar-refractivity contribution is -0.00322. The maximum Gasteiger partial charge on any atom is 0.264 e. The Morgan fingerprint density at radius 3 is 2.67 bits per heavy atom. The van der Waals surface area contributed by atoms with Crippen molar-refractivity contribution < 1.29 is 13.9 Å². The van der Waals surface area contributed by atoms with E-state index in [0.717, 1.165) is 9.35 Å². The lowest BCUT2D eigenvalue weighted by Crippen LogP contribution is -2.19. The zero-order valence-electron chi connectivity index (χ0n) is 6.01. The molecule has 1 unspecified atom stereocenters. The lowest BCUT2D eigenvalue weighted by Gasteiger charge is -2.06. The van der Waals surface area contributed by atoms with Gasteiger partial charge in [0.1, 0.15) is 6.10 Å². The molecule has 5 heteroatoms. The van der Waals surface area contributed by atoms with Gasteiger partial charge in [0, 0.05) is 21.2 Å². The summed E-state index contributed by atoms with van der Waals surface area (Å²) in [6.07, 6.45) is -4.19. The zero-order chi connectivity index (χ0) is 9.14. The van der Waals surface area contributed by atoms with Crippen molar-refractivity contribution in [2.24, 2.45) is 0 Å². The number of aliphatic hydroxyl groups is 1. The lowest BCUT2D eigenvalue weighted by atomic mass is 10.2. The van der Waals surface area contributed by atoms with Crippen LogP contribution in [0, 0.1) is 0 Å². The van der Waals surface area contributed by atoms with E-state index in [4.69, 9.17) is 5.11 Å². The third-order valence-corrected chi connectivity index (χ3v) is 3.04. The number of aliphatic hydroxyl groups excluding tert-OH is 1. The average molecular weight is 257 g/mol. The molecule has 1 N–H and O–H groups in total. The predicted octanol–water partition coefficient (Wildman–Crippen LogP) is 2.68. The second-order valence-corrected chi connectivity index (χ2v) is 4.25. The smallest absolute Gasteiger partial charge is 0.264 e. The van der Waals surface area contributed by atoms with Crippen molar-refractivity contribution in [1.82, 2.24) is 0 Å². The van der Waals surface area contributed by atoms with Crippen molar-refractivity contribution in [3.63, 3.8) is 0 Å². The van der Waals surface area contributed by atoms with E-state index in [1.54, 1.807) is 11.4 Å². The summed E-state index contributed by atoms with van der Waals surface area (Å²) in [6, 6.07) is 1.73. The quantitative estimate of drug-likeness (QED) is 0.882. The van der Waals surface area contributed by atoms with Gasteiger partial charge >= 0.3 is 0 Å². The SMILES string of the molecule is OC(Cc1cc(Br)cs1)C(F)F. The Labute approximate surface area is 81.2 Å². The first kappa shape index (κ1) is 10.1. The molecule has 12 heavy (non-hydrogen) atoms. The van der Waals surface area contributed by atoms with E-state index in [9.17, 15) is 8.78 Å². The van der Waals surface area contributed by atoms with Crippen LogP contribution in [0.25, 0.3) is 0 Å². The molecule has 0 aliphatic carbocycles. The van der Waals surface area contributed by atoms with Crippen LogP contribution in [-0.2, 0) is 6.42 Å². The standard InChI is InChI=1S/C7H7BrF2OS/c8-4-1-5(12-3-4)2-6(11)7(9)10/h1,3,6-7,11H,2H2. The van der Waals surface area contributed by atoms with Crippen LogP contribution in [0.2, 0.25) is 0 Å². The molecule has 1 aromatic rings. The van der Waals surface area contributed by atoms with Gasteiger partial charge in [-0.25, -0.2) is 8.78 Å². The monoisotopic (exact) mass is 256 g/mol. The molecule has 1 rings (SSSR count). The van der Waals surface area contributed by atoms with Gasteiger partial charge in [-0.15, -0.1) is 11.3 Å². The van der Waals surface area contributed by atoms with Crippen molar-refractivity contribution in [3.8, 4) is 0 Å². The molecule has 68 valence electrons. The van der Waals surface area contributed by atoms with Crippen LogP contribution in [0.4, 0.5) is 8.78 Å². The van der Waals surface area contributed by atoms with Gasteiger partial charge in [0.15, 0.2) is 0 Å². The molecule has 0 fully saturated rings. The Morgan fingerprint density at radius 2 is 2.25 bits per heavy atom. The summed E-state index contributed by atoms with van der Waals surface area (Å²) in [5.41, 5.74) is 0. The van der Waals surface area contributed by atoms with E-state index in [1.807, 2.05) is 0 Å². The molecule has 0 spiro atoms. The third kappa shape index (κ3) is 2.80. The van der Waals surface area contributed by atoms with Gasteiger partial charge in [-0.1, -0.05) is 0 Å². The first-order valence-corrected chi connectivity index (χ1v) is 4.96. The molecule has 0 aliphatic rings. The molecule has 1 heterocycles. The third-order valence-electron chi connectivity index (χ3n) is 1.32. The van der Waals surface area contributed by atoms with Gasteiger partial charge in [-0.3, -0.25) is 0 Å². The van der Waals surface area contributed by atoms with Crippen LogP contribution in [0.15, 0.2) is 15.9 Å². The van der Waals surface area contributed by atoms with Crippen molar-refractivity contribution >= 4 is 27.3 Å². The first-order chi connectivity index (χ1) is 5.59. The maximum atomic E-state index is 11.9. The minimum absolute atomic E-state index is 0.0218. The van der Waals surface area contributed by atoms with Crippen molar-refractivity contribution in [2.45, 2.75) is 19.0 Å². The molecule has 0 bridgehead atoms. The molecular formula is C7H7BrF2OS. The fourth-order valence-electron chi connectivity index (χ4n) is 0.756. The number of hydrogen-bond acceptors (Lipinski definition) is 2. The molecule has 0 saturated heterocycles. The van der Waals surface area contributed by atoms with E-state index in [1.165, 1.54) is 11.3 Å². The highest BCUT2D eigenvalue weighted by atomic mass is 79.9. The summed E-state index contributed by atoms with van der Waals surface area (Å²) in [5, 5.41) is 10.6. The first-order valence-electron chi connectivity index (χ1n) is 3.28. The predicted molar refractivity (Wildman–Crippen MR) is 47.7 cm³/mol. The maximum absolute atomic E-state index is 11.9. The Hall–Kier alpha value is -0.0000000000000000833. The molecule has 1 aromatic heterocycles. The second kappa shape index (κ2) is 4.30. The topological polar surface area (TPSA) is 20.2 Å². The Bertz CT molecular complexity index is 251. The Kier molecular flexibility index (Phi) is 3.61. The van der Waals surface area contributed by atoms with Gasteiger partial charge in [0.2, 0.25) is 0 Å². The van der Waals surface area contributed by atoms with Gasteiger partial charge in [0.05, 0.1) is 0 Å². The van der Waals surface area contributed by atoms with E-state index >= 15 is 0 Å². The van der Waals surface area contributed by atoms with Gasteiger partial charge in [-0.2, -0.15) is 0 Å². The average Bonchev–Trinajstić information content (AvgIpc) is 2.35. The van der Waals surface area contributed by atoms with Gasteiger partial charge in [0.25, 0.3) is 6.43 Å². The number of halogens is 3. The fourth-order valence-corrected chi connectivity index (χ4v) is 2.26. The Balaban J connectivity index is 2.52. The van der Waals surface area contributed by atoms with E-state index in [0.29, 0.717) is 0 Å². The highest BCUT2D eigenvalue weighted by molar-refractivity contribution is 9.10. The summed E-state index contributed by atoms with van der Waals surface area (Å²) in [7, 11) is 0. The minimum atomic E-state index is -2.66. The Morgan fingerprint density at radius 1 is 1.58 bits per heavy atom. The molecule has 0 aromatic carbocycles. The molecule has 0 amide bonds. The summed E-state index contributed by atoms with van der Waals surface area (Å²) in [6.45, 7) is 0. The van der Waals surface area contributed by atoms with Crippen molar-refractivity contribution in [1.29, 1.82) is 0 Å². The molecule has 1 nitrogen and oxygen atoms in total.